The van der Waals surface area contributed by atoms with E-state index in [1.165, 1.54) is 12.1 Å². The van der Waals surface area contributed by atoms with Crippen LogP contribution in [0.5, 0.6) is 5.75 Å². The molecule has 5 nitrogen and oxygen atoms in total. The number of halogens is 1. The molecular formula is C15H14BrNO4. The standard InChI is InChI=1S/C15H14BrNO4/c1-10(18)14-6-5-12(16)8-15(14)21-9-11-3-2-4-13(7-11)17(19)20/h2-8,10,18H,9H2,1H3/t10-/m1/s1. The van der Waals surface area contributed by atoms with E-state index in [-0.39, 0.29) is 12.3 Å². The van der Waals surface area contributed by atoms with Crippen LogP contribution in [0.3, 0.4) is 0 Å². The van der Waals surface area contributed by atoms with Gasteiger partial charge in [0.25, 0.3) is 5.69 Å². The zero-order valence-corrected chi connectivity index (χ0v) is 12.9. The molecule has 0 radical (unpaired) electrons. The molecule has 0 unspecified atom stereocenters. The van der Waals surface area contributed by atoms with Crippen LogP contribution in [0.1, 0.15) is 24.2 Å². The molecule has 0 aliphatic heterocycles. The molecule has 0 aromatic heterocycles. The fourth-order valence-electron chi connectivity index (χ4n) is 1.90. The monoisotopic (exact) mass is 351 g/mol. The Hall–Kier alpha value is -1.92. The number of non-ortho nitro benzene ring substituents is 1. The normalized spacial score (nSPS) is 12.0. The first-order valence-electron chi connectivity index (χ1n) is 6.31. The van der Waals surface area contributed by atoms with Crippen molar-refractivity contribution in [3.8, 4) is 5.75 Å². The third-order valence-electron chi connectivity index (χ3n) is 2.94. The van der Waals surface area contributed by atoms with Gasteiger partial charge >= 0.3 is 0 Å². The third-order valence-corrected chi connectivity index (χ3v) is 3.43. The quantitative estimate of drug-likeness (QED) is 0.652. The Morgan fingerprint density at radius 1 is 1.33 bits per heavy atom. The van der Waals surface area contributed by atoms with Crippen LogP contribution in [0.15, 0.2) is 46.9 Å². The zero-order valence-electron chi connectivity index (χ0n) is 11.3. The molecule has 6 heteroatoms. The topological polar surface area (TPSA) is 72.6 Å². The van der Waals surface area contributed by atoms with E-state index in [2.05, 4.69) is 15.9 Å². The second-order valence-electron chi connectivity index (χ2n) is 4.57. The number of rotatable bonds is 5. The summed E-state index contributed by atoms with van der Waals surface area (Å²) in [5.41, 5.74) is 1.39. The van der Waals surface area contributed by atoms with E-state index in [1.54, 1.807) is 31.2 Å². The molecule has 0 aliphatic carbocycles. The van der Waals surface area contributed by atoms with Gasteiger partial charge in [0.1, 0.15) is 12.4 Å². The number of benzene rings is 2. The third kappa shape index (κ3) is 4.03. The highest BCUT2D eigenvalue weighted by molar-refractivity contribution is 9.10. The van der Waals surface area contributed by atoms with Crippen LogP contribution in [-0.4, -0.2) is 10.0 Å². The van der Waals surface area contributed by atoms with Gasteiger partial charge in [-0.1, -0.05) is 34.1 Å². The lowest BCUT2D eigenvalue weighted by Crippen LogP contribution is -2.01. The molecule has 1 N–H and O–H groups in total. The summed E-state index contributed by atoms with van der Waals surface area (Å²) >= 11 is 3.35. The molecule has 21 heavy (non-hydrogen) atoms. The van der Waals surface area contributed by atoms with Gasteiger partial charge in [0.2, 0.25) is 0 Å². The van der Waals surface area contributed by atoms with Crippen molar-refractivity contribution >= 4 is 21.6 Å². The summed E-state index contributed by atoms with van der Waals surface area (Å²) in [4.78, 5) is 10.3. The average Bonchev–Trinajstić information content (AvgIpc) is 2.45. The molecule has 0 fully saturated rings. The predicted octanol–water partition coefficient (Wildman–Crippen LogP) is 3.99. The van der Waals surface area contributed by atoms with Crippen LogP contribution in [0.4, 0.5) is 5.69 Å². The minimum Gasteiger partial charge on any atom is -0.488 e. The fraction of sp³-hybridized carbons (Fsp3) is 0.200. The molecule has 0 spiro atoms. The van der Waals surface area contributed by atoms with Crippen molar-refractivity contribution in [2.24, 2.45) is 0 Å². The van der Waals surface area contributed by atoms with E-state index in [9.17, 15) is 15.2 Å². The Bertz CT molecular complexity index is 658. The van der Waals surface area contributed by atoms with Crippen molar-refractivity contribution in [1.82, 2.24) is 0 Å². The van der Waals surface area contributed by atoms with Gasteiger partial charge in [-0.05, 0) is 24.6 Å². The number of hydrogen-bond acceptors (Lipinski definition) is 4. The molecule has 0 amide bonds. The Balaban J connectivity index is 2.18. The summed E-state index contributed by atoms with van der Waals surface area (Å²) in [6.45, 7) is 1.85. The second kappa shape index (κ2) is 6.69. The highest BCUT2D eigenvalue weighted by atomic mass is 79.9. The molecule has 110 valence electrons. The summed E-state index contributed by atoms with van der Waals surface area (Å²) in [6.07, 6.45) is -0.654. The molecule has 0 heterocycles. The number of nitrogens with zero attached hydrogens (tertiary/aromatic N) is 1. The van der Waals surface area contributed by atoms with Gasteiger partial charge in [0, 0.05) is 22.2 Å². The summed E-state index contributed by atoms with van der Waals surface area (Å²) in [6, 6.07) is 11.6. The molecule has 0 aliphatic rings. The Kier molecular flexibility index (Phi) is 4.93. The first-order chi connectivity index (χ1) is 9.97. The van der Waals surface area contributed by atoms with Gasteiger partial charge in [0.15, 0.2) is 0 Å². The molecule has 0 bridgehead atoms. The van der Waals surface area contributed by atoms with E-state index >= 15 is 0 Å². The summed E-state index contributed by atoms with van der Waals surface area (Å²) < 4.78 is 6.52. The van der Waals surface area contributed by atoms with E-state index in [4.69, 9.17) is 4.74 Å². The van der Waals surface area contributed by atoms with Gasteiger partial charge in [-0.3, -0.25) is 10.1 Å². The van der Waals surface area contributed by atoms with Crippen LogP contribution in [0.2, 0.25) is 0 Å². The van der Waals surface area contributed by atoms with Crippen LogP contribution < -0.4 is 4.74 Å². The summed E-state index contributed by atoms with van der Waals surface area (Å²) in [5, 5.41) is 20.5. The summed E-state index contributed by atoms with van der Waals surface area (Å²) in [5.74, 6) is 0.547. The van der Waals surface area contributed by atoms with Crippen molar-refractivity contribution in [2.75, 3.05) is 0 Å². The van der Waals surface area contributed by atoms with Crippen LogP contribution in [-0.2, 0) is 6.61 Å². The van der Waals surface area contributed by atoms with Gasteiger partial charge in [-0.15, -0.1) is 0 Å². The first-order valence-corrected chi connectivity index (χ1v) is 7.10. The maximum Gasteiger partial charge on any atom is 0.269 e. The number of nitro groups is 1. The van der Waals surface area contributed by atoms with E-state index in [0.29, 0.717) is 16.9 Å². The molecular weight excluding hydrogens is 338 g/mol. The highest BCUT2D eigenvalue weighted by Crippen LogP contribution is 2.29. The lowest BCUT2D eigenvalue weighted by atomic mass is 10.1. The van der Waals surface area contributed by atoms with Crippen molar-refractivity contribution in [3.05, 3.63) is 68.2 Å². The minimum absolute atomic E-state index is 0.0288. The van der Waals surface area contributed by atoms with E-state index < -0.39 is 11.0 Å². The van der Waals surface area contributed by atoms with Crippen LogP contribution >= 0.6 is 15.9 Å². The maximum atomic E-state index is 10.7. The summed E-state index contributed by atoms with van der Waals surface area (Å²) in [7, 11) is 0. The van der Waals surface area contributed by atoms with Crippen LogP contribution in [0.25, 0.3) is 0 Å². The van der Waals surface area contributed by atoms with E-state index in [0.717, 1.165) is 4.47 Å². The smallest absolute Gasteiger partial charge is 0.269 e. The van der Waals surface area contributed by atoms with Crippen molar-refractivity contribution in [1.29, 1.82) is 0 Å². The number of hydrogen-bond donors (Lipinski definition) is 1. The van der Waals surface area contributed by atoms with Crippen molar-refractivity contribution < 1.29 is 14.8 Å². The molecule has 2 aromatic carbocycles. The minimum atomic E-state index is -0.654. The van der Waals surface area contributed by atoms with E-state index in [1.807, 2.05) is 6.07 Å². The molecule has 1 atom stereocenters. The van der Waals surface area contributed by atoms with Crippen molar-refractivity contribution in [2.45, 2.75) is 19.6 Å². The fourth-order valence-corrected chi connectivity index (χ4v) is 2.24. The molecule has 0 saturated carbocycles. The lowest BCUT2D eigenvalue weighted by molar-refractivity contribution is -0.384. The Labute approximate surface area is 130 Å². The second-order valence-corrected chi connectivity index (χ2v) is 5.49. The Morgan fingerprint density at radius 3 is 2.76 bits per heavy atom. The number of ether oxygens (including phenoxy) is 1. The number of nitro benzene ring substituents is 1. The predicted molar refractivity (Wildman–Crippen MR) is 82.2 cm³/mol. The van der Waals surface area contributed by atoms with Gasteiger partial charge in [-0.25, -0.2) is 0 Å². The van der Waals surface area contributed by atoms with Crippen molar-refractivity contribution in [3.63, 3.8) is 0 Å². The average molecular weight is 352 g/mol. The maximum absolute atomic E-state index is 10.7. The largest absolute Gasteiger partial charge is 0.488 e. The SMILES string of the molecule is C[C@@H](O)c1ccc(Br)cc1OCc1cccc([N+](=O)[O-])c1. The number of aliphatic hydroxyl groups is 1. The van der Waals surface area contributed by atoms with Gasteiger partial charge < -0.3 is 9.84 Å². The zero-order chi connectivity index (χ0) is 15.4. The molecule has 2 aromatic rings. The highest BCUT2D eigenvalue weighted by Gasteiger charge is 2.11. The molecule has 2 rings (SSSR count). The lowest BCUT2D eigenvalue weighted by Gasteiger charge is -2.14. The first kappa shape index (κ1) is 15.5. The number of aliphatic hydroxyl groups excluding tert-OH is 1. The molecule has 0 saturated heterocycles. The van der Waals surface area contributed by atoms with Gasteiger partial charge in [0.05, 0.1) is 11.0 Å². The van der Waals surface area contributed by atoms with Gasteiger partial charge in [-0.2, -0.15) is 0 Å². The Morgan fingerprint density at radius 2 is 2.10 bits per heavy atom. The van der Waals surface area contributed by atoms with Crippen LogP contribution in [0, 0.1) is 10.1 Å².